The summed E-state index contributed by atoms with van der Waals surface area (Å²) in [6, 6.07) is 0. The van der Waals surface area contributed by atoms with Crippen molar-refractivity contribution in [3.63, 3.8) is 0 Å². The van der Waals surface area contributed by atoms with Gasteiger partial charge in [-0.3, -0.25) is 0 Å². The highest BCUT2D eigenvalue weighted by Crippen LogP contribution is 2.14. The summed E-state index contributed by atoms with van der Waals surface area (Å²) in [7, 11) is -2.84. The van der Waals surface area contributed by atoms with Gasteiger partial charge in [-0.2, -0.15) is 0 Å². The summed E-state index contributed by atoms with van der Waals surface area (Å²) in [5.74, 6) is 0.344. The standard InChI is InChI=1S/C14H25NO2S2/c1-12(2)19(16,17)10-8-6-4-5-7-9-14-15-13(3)11-18-14/h11-12H,4-10H2,1-3H3. The molecule has 0 aliphatic carbocycles. The van der Waals surface area contributed by atoms with Crippen molar-refractivity contribution in [2.75, 3.05) is 5.75 Å². The molecule has 0 fully saturated rings. The maximum absolute atomic E-state index is 11.6. The van der Waals surface area contributed by atoms with Gasteiger partial charge in [-0.15, -0.1) is 11.3 Å². The number of hydrogen-bond donors (Lipinski definition) is 0. The Morgan fingerprint density at radius 2 is 1.79 bits per heavy atom. The summed E-state index contributed by atoms with van der Waals surface area (Å²) in [6.45, 7) is 5.53. The lowest BCUT2D eigenvalue weighted by Crippen LogP contribution is -2.17. The van der Waals surface area contributed by atoms with E-state index in [0.717, 1.165) is 37.8 Å². The summed E-state index contributed by atoms with van der Waals surface area (Å²) in [6.07, 6.45) is 6.32. The van der Waals surface area contributed by atoms with Gasteiger partial charge in [0.25, 0.3) is 0 Å². The highest BCUT2D eigenvalue weighted by molar-refractivity contribution is 7.91. The predicted molar refractivity (Wildman–Crippen MR) is 82.6 cm³/mol. The van der Waals surface area contributed by atoms with E-state index in [4.69, 9.17) is 0 Å². The van der Waals surface area contributed by atoms with Crippen LogP contribution in [0.15, 0.2) is 5.38 Å². The number of hydrogen-bond acceptors (Lipinski definition) is 4. The third kappa shape index (κ3) is 6.52. The Bertz CT molecular complexity index is 464. The fourth-order valence-electron chi connectivity index (χ4n) is 1.86. The molecule has 5 heteroatoms. The van der Waals surface area contributed by atoms with Crippen molar-refractivity contribution in [1.82, 2.24) is 4.98 Å². The summed E-state index contributed by atoms with van der Waals surface area (Å²) in [5, 5.41) is 3.08. The van der Waals surface area contributed by atoms with Crippen molar-refractivity contribution in [3.05, 3.63) is 16.1 Å². The van der Waals surface area contributed by atoms with Gasteiger partial charge in [0.15, 0.2) is 9.84 Å². The van der Waals surface area contributed by atoms with E-state index < -0.39 is 9.84 Å². The van der Waals surface area contributed by atoms with E-state index in [0.29, 0.717) is 5.75 Å². The van der Waals surface area contributed by atoms with Gasteiger partial charge in [0.2, 0.25) is 0 Å². The second-order valence-electron chi connectivity index (χ2n) is 5.32. The molecule has 1 aromatic rings. The lowest BCUT2D eigenvalue weighted by Gasteiger charge is -2.06. The lowest BCUT2D eigenvalue weighted by molar-refractivity contribution is 0.577. The topological polar surface area (TPSA) is 47.0 Å². The zero-order valence-corrected chi connectivity index (χ0v) is 13.8. The third-order valence-corrected chi connectivity index (χ3v) is 6.52. The van der Waals surface area contributed by atoms with Crippen LogP contribution in [-0.2, 0) is 16.3 Å². The molecule has 0 aliphatic rings. The normalized spacial score (nSPS) is 12.2. The predicted octanol–water partition coefficient (Wildman–Crippen LogP) is 3.77. The Hall–Kier alpha value is -0.420. The molecule has 0 aromatic carbocycles. The Labute approximate surface area is 121 Å². The summed E-state index contributed by atoms with van der Waals surface area (Å²) >= 11 is 1.73. The third-order valence-electron chi connectivity index (χ3n) is 3.20. The number of thiazole rings is 1. The molecule has 0 unspecified atom stereocenters. The van der Waals surface area contributed by atoms with Crippen LogP contribution in [0.5, 0.6) is 0 Å². The monoisotopic (exact) mass is 303 g/mol. The zero-order chi connectivity index (χ0) is 14.3. The first kappa shape index (κ1) is 16.6. The molecule has 0 saturated carbocycles. The zero-order valence-electron chi connectivity index (χ0n) is 12.2. The molecule has 1 aromatic heterocycles. The Balaban J connectivity index is 2.03. The molecule has 3 nitrogen and oxygen atoms in total. The first-order valence-corrected chi connectivity index (χ1v) is 9.64. The molecule has 1 rings (SSSR count). The molecule has 0 N–H and O–H groups in total. The molecule has 0 aliphatic heterocycles. The van der Waals surface area contributed by atoms with E-state index in [1.807, 2.05) is 6.92 Å². The molecule has 19 heavy (non-hydrogen) atoms. The lowest BCUT2D eigenvalue weighted by atomic mass is 10.1. The number of unbranched alkanes of at least 4 members (excludes halogenated alkanes) is 4. The van der Waals surface area contributed by atoms with Crippen molar-refractivity contribution in [3.8, 4) is 0 Å². The molecular weight excluding hydrogens is 278 g/mol. The quantitative estimate of drug-likeness (QED) is 0.652. The Morgan fingerprint density at radius 1 is 1.16 bits per heavy atom. The van der Waals surface area contributed by atoms with Crippen LogP contribution in [0.3, 0.4) is 0 Å². The van der Waals surface area contributed by atoms with Gasteiger partial charge in [0.1, 0.15) is 0 Å². The van der Waals surface area contributed by atoms with Gasteiger partial charge in [0.05, 0.1) is 16.0 Å². The van der Waals surface area contributed by atoms with Gasteiger partial charge in [-0.05, 0) is 40.0 Å². The van der Waals surface area contributed by atoms with Crippen LogP contribution < -0.4 is 0 Å². The second kappa shape index (κ2) is 8.00. The molecule has 1 heterocycles. The number of aryl methyl sites for hydroxylation is 2. The van der Waals surface area contributed by atoms with E-state index in [2.05, 4.69) is 10.4 Å². The smallest absolute Gasteiger partial charge is 0.152 e. The molecule has 0 atom stereocenters. The number of sulfone groups is 1. The number of rotatable bonds is 9. The number of aromatic nitrogens is 1. The summed E-state index contributed by atoms with van der Waals surface area (Å²) in [5.41, 5.74) is 1.11. The van der Waals surface area contributed by atoms with Crippen LogP contribution in [0.4, 0.5) is 0 Å². The molecule has 0 amide bonds. The second-order valence-corrected chi connectivity index (χ2v) is 8.94. The first-order chi connectivity index (χ1) is 8.92. The molecule has 0 saturated heterocycles. The highest BCUT2D eigenvalue weighted by atomic mass is 32.2. The van der Waals surface area contributed by atoms with Gasteiger partial charge in [-0.1, -0.05) is 19.3 Å². The van der Waals surface area contributed by atoms with Crippen LogP contribution in [0.1, 0.15) is 56.7 Å². The van der Waals surface area contributed by atoms with Gasteiger partial charge in [-0.25, -0.2) is 13.4 Å². The molecule has 0 bridgehead atoms. The largest absolute Gasteiger partial charge is 0.247 e. The van der Waals surface area contributed by atoms with E-state index in [1.165, 1.54) is 11.4 Å². The van der Waals surface area contributed by atoms with E-state index in [1.54, 1.807) is 25.2 Å². The number of nitrogens with zero attached hydrogens (tertiary/aromatic N) is 1. The minimum atomic E-state index is -2.84. The minimum Gasteiger partial charge on any atom is -0.247 e. The molecular formula is C14H25NO2S2. The van der Waals surface area contributed by atoms with E-state index in [9.17, 15) is 8.42 Å². The minimum absolute atomic E-state index is 0.236. The van der Waals surface area contributed by atoms with Crippen molar-refractivity contribution < 1.29 is 8.42 Å². The van der Waals surface area contributed by atoms with Crippen LogP contribution in [0.25, 0.3) is 0 Å². The van der Waals surface area contributed by atoms with Gasteiger partial charge < -0.3 is 0 Å². The van der Waals surface area contributed by atoms with E-state index in [-0.39, 0.29) is 5.25 Å². The van der Waals surface area contributed by atoms with Crippen molar-refractivity contribution in [2.24, 2.45) is 0 Å². The van der Waals surface area contributed by atoms with Crippen LogP contribution in [0.2, 0.25) is 0 Å². The average molecular weight is 303 g/mol. The van der Waals surface area contributed by atoms with Crippen LogP contribution in [0, 0.1) is 6.92 Å². The molecule has 0 spiro atoms. The Morgan fingerprint density at radius 3 is 2.37 bits per heavy atom. The highest BCUT2D eigenvalue weighted by Gasteiger charge is 2.14. The fraction of sp³-hybridized carbons (Fsp3) is 0.786. The molecule has 110 valence electrons. The average Bonchev–Trinajstić information content (AvgIpc) is 2.73. The summed E-state index contributed by atoms with van der Waals surface area (Å²) in [4.78, 5) is 4.44. The van der Waals surface area contributed by atoms with Crippen molar-refractivity contribution in [2.45, 2.75) is 64.5 Å². The Kier molecular flexibility index (Phi) is 7.00. The van der Waals surface area contributed by atoms with Crippen molar-refractivity contribution >= 4 is 21.2 Å². The maximum Gasteiger partial charge on any atom is 0.152 e. The fourth-order valence-corrected chi connectivity index (χ4v) is 3.76. The van der Waals surface area contributed by atoms with Crippen LogP contribution >= 0.6 is 11.3 Å². The van der Waals surface area contributed by atoms with Crippen molar-refractivity contribution in [1.29, 1.82) is 0 Å². The first-order valence-electron chi connectivity index (χ1n) is 7.04. The van der Waals surface area contributed by atoms with E-state index >= 15 is 0 Å². The maximum atomic E-state index is 11.6. The van der Waals surface area contributed by atoms with Gasteiger partial charge >= 0.3 is 0 Å². The summed E-state index contributed by atoms with van der Waals surface area (Å²) < 4.78 is 23.2. The SMILES string of the molecule is Cc1csc(CCCCCCCS(=O)(=O)C(C)C)n1. The molecule has 0 radical (unpaired) electrons. The van der Waals surface area contributed by atoms with Gasteiger partial charge in [0, 0.05) is 11.1 Å². The van der Waals surface area contributed by atoms with Crippen LogP contribution in [-0.4, -0.2) is 24.4 Å².